The molecule has 0 atom stereocenters. The number of nitrogens with two attached hydrogens (primary N) is 1. The van der Waals surface area contributed by atoms with Crippen LogP contribution >= 0.6 is 12.4 Å². The van der Waals surface area contributed by atoms with Gasteiger partial charge in [0, 0.05) is 45.3 Å². The van der Waals surface area contributed by atoms with Crippen LogP contribution in [-0.2, 0) is 23.7 Å². The molecule has 5 N–H and O–H groups in total. The highest BCUT2D eigenvalue weighted by atomic mass is 35.5. The minimum atomic E-state index is 0. The molecule has 0 aromatic heterocycles. The molecule has 216 valence electrons. The van der Waals surface area contributed by atoms with Crippen molar-refractivity contribution in [3.63, 3.8) is 0 Å². The van der Waals surface area contributed by atoms with Gasteiger partial charge in [0.05, 0.1) is 0 Å². The van der Waals surface area contributed by atoms with E-state index in [-0.39, 0.29) is 23.2 Å². The van der Waals surface area contributed by atoms with E-state index in [4.69, 9.17) is 5.73 Å². The highest BCUT2D eigenvalue weighted by Gasteiger charge is 2.14. The van der Waals surface area contributed by atoms with E-state index in [0.717, 1.165) is 45.6 Å². The third-order valence-electron chi connectivity index (χ3n) is 7.21. The zero-order valence-corrected chi connectivity index (χ0v) is 26.0. The number of nitrogens with one attached hydrogen (secondary N) is 3. The SMILES string of the molecule is CC(C)(C)c1ccc(CCCC(CCCc2ccc(C(C)(C)C)cc2)NCCNCCNCCN)cc1.Cl. The van der Waals surface area contributed by atoms with Crippen LogP contribution in [0, 0.1) is 0 Å². The molecular formula is C33H57ClN4. The van der Waals surface area contributed by atoms with Crippen molar-refractivity contribution < 1.29 is 0 Å². The Labute approximate surface area is 240 Å². The van der Waals surface area contributed by atoms with E-state index in [1.807, 2.05) is 0 Å². The van der Waals surface area contributed by atoms with Crippen LogP contribution in [0.3, 0.4) is 0 Å². The first-order valence-corrected chi connectivity index (χ1v) is 14.6. The molecule has 0 fully saturated rings. The predicted molar refractivity (Wildman–Crippen MR) is 170 cm³/mol. The second-order valence-electron chi connectivity index (χ2n) is 12.6. The highest BCUT2D eigenvalue weighted by Crippen LogP contribution is 2.24. The monoisotopic (exact) mass is 544 g/mol. The van der Waals surface area contributed by atoms with Gasteiger partial charge in [0.2, 0.25) is 0 Å². The Morgan fingerprint density at radius 1 is 0.605 bits per heavy atom. The van der Waals surface area contributed by atoms with E-state index in [1.165, 1.54) is 47.9 Å². The smallest absolute Gasteiger partial charge is 0.00793 e. The Morgan fingerprint density at radius 3 is 1.39 bits per heavy atom. The molecule has 38 heavy (non-hydrogen) atoms. The molecule has 0 amide bonds. The predicted octanol–water partition coefficient (Wildman–Crippen LogP) is 6.15. The first-order valence-electron chi connectivity index (χ1n) is 14.6. The first-order chi connectivity index (χ1) is 17.6. The molecule has 0 unspecified atom stereocenters. The van der Waals surface area contributed by atoms with E-state index < -0.39 is 0 Å². The number of halogens is 1. The molecule has 0 saturated carbocycles. The third-order valence-corrected chi connectivity index (χ3v) is 7.21. The fraction of sp³-hybridized carbons (Fsp3) is 0.636. The number of hydrogen-bond donors (Lipinski definition) is 4. The quantitative estimate of drug-likeness (QED) is 0.180. The van der Waals surface area contributed by atoms with Gasteiger partial charge in [-0.3, -0.25) is 0 Å². The van der Waals surface area contributed by atoms with Crippen LogP contribution in [0.25, 0.3) is 0 Å². The molecule has 0 aliphatic rings. The molecule has 5 heteroatoms. The second-order valence-corrected chi connectivity index (χ2v) is 12.6. The summed E-state index contributed by atoms with van der Waals surface area (Å²) in [6, 6.07) is 19.1. The number of benzene rings is 2. The summed E-state index contributed by atoms with van der Waals surface area (Å²) in [5, 5.41) is 10.7. The first kappa shape index (κ1) is 34.6. The van der Waals surface area contributed by atoms with E-state index in [0.29, 0.717) is 12.6 Å². The molecule has 0 heterocycles. The average molecular weight is 545 g/mol. The molecule has 0 aliphatic carbocycles. The Balaban J connectivity index is 0.00000722. The van der Waals surface area contributed by atoms with Gasteiger partial charge in [-0.25, -0.2) is 0 Å². The summed E-state index contributed by atoms with van der Waals surface area (Å²) in [6.07, 6.45) is 7.21. The van der Waals surface area contributed by atoms with Gasteiger partial charge in [0.25, 0.3) is 0 Å². The summed E-state index contributed by atoms with van der Waals surface area (Å²) in [6.45, 7) is 19.3. The second kappa shape index (κ2) is 18.0. The average Bonchev–Trinajstić information content (AvgIpc) is 2.85. The summed E-state index contributed by atoms with van der Waals surface area (Å²) >= 11 is 0. The minimum Gasteiger partial charge on any atom is -0.329 e. The van der Waals surface area contributed by atoms with Crippen LogP contribution in [-0.4, -0.2) is 45.3 Å². The van der Waals surface area contributed by atoms with Crippen molar-refractivity contribution >= 4 is 12.4 Å². The Morgan fingerprint density at radius 2 is 1.00 bits per heavy atom. The Bertz CT molecular complexity index is 787. The van der Waals surface area contributed by atoms with Crippen LogP contribution in [0.4, 0.5) is 0 Å². The third kappa shape index (κ3) is 14.1. The number of aryl methyl sites for hydroxylation is 2. The largest absolute Gasteiger partial charge is 0.329 e. The van der Waals surface area contributed by atoms with Crippen LogP contribution < -0.4 is 21.7 Å². The normalized spacial score (nSPS) is 12.1. The Kier molecular flexibility index (Phi) is 16.4. The standard InChI is InChI=1S/C33H56N4.ClH/c1-32(2,3)29-17-13-27(14-18-29)9-7-11-31(37-26-25-36-24-23-35-22-21-34)12-8-10-28-15-19-30(20-16-28)33(4,5)6;/h13-20,31,35-37H,7-12,21-26,34H2,1-6H3;1H. The summed E-state index contributed by atoms with van der Waals surface area (Å²) < 4.78 is 0. The molecule has 2 rings (SSSR count). The molecule has 0 spiro atoms. The lowest BCUT2D eigenvalue weighted by Crippen LogP contribution is -2.37. The van der Waals surface area contributed by atoms with Gasteiger partial charge in [-0.15, -0.1) is 12.4 Å². The van der Waals surface area contributed by atoms with Crippen LogP contribution in [0.5, 0.6) is 0 Å². The molecule has 2 aromatic carbocycles. The zero-order valence-electron chi connectivity index (χ0n) is 25.2. The molecule has 0 saturated heterocycles. The van der Waals surface area contributed by atoms with Crippen molar-refractivity contribution in [3.05, 3.63) is 70.8 Å². The van der Waals surface area contributed by atoms with Crippen LogP contribution in [0.15, 0.2) is 48.5 Å². The lowest BCUT2D eigenvalue weighted by atomic mass is 9.86. The van der Waals surface area contributed by atoms with Gasteiger partial charge in [0.15, 0.2) is 0 Å². The summed E-state index contributed by atoms with van der Waals surface area (Å²) in [5.41, 5.74) is 11.7. The van der Waals surface area contributed by atoms with E-state index in [9.17, 15) is 0 Å². The number of rotatable bonds is 17. The van der Waals surface area contributed by atoms with Crippen molar-refractivity contribution in [2.75, 3.05) is 39.3 Å². The molecular weight excluding hydrogens is 488 g/mol. The van der Waals surface area contributed by atoms with Crippen LogP contribution in [0.2, 0.25) is 0 Å². The van der Waals surface area contributed by atoms with Crippen molar-refractivity contribution in [3.8, 4) is 0 Å². The summed E-state index contributed by atoms with van der Waals surface area (Å²) in [7, 11) is 0. The van der Waals surface area contributed by atoms with E-state index in [1.54, 1.807) is 0 Å². The summed E-state index contributed by atoms with van der Waals surface area (Å²) in [4.78, 5) is 0. The zero-order chi connectivity index (χ0) is 27.2. The van der Waals surface area contributed by atoms with E-state index >= 15 is 0 Å². The maximum absolute atomic E-state index is 5.53. The van der Waals surface area contributed by atoms with Crippen LogP contribution in [0.1, 0.15) is 89.5 Å². The van der Waals surface area contributed by atoms with Crippen molar-refractivity contribution in [2.24, 2.45) is 5.73 Å². The van der Waals surface area contributed by atoms with Gasteiger partial charge >= 0.3 is 0 Å². The fourth-order valence-electron chi connectivity index (χ4n) is 4.69. The van der Waals surface area contributed by atoms with Crippen molar-refractivity contribution in [1.29, 1.82) is 0 Å². The molecule has 4 nitrogen and oxygen atoms in total. The lowest BCUT2D eigenvalue weighted by Gasteiger charge is -2.21. The van der Waals surface area contributed by atoms with Gasteiger partial charge in [-0.1, -0.05) is 90.1 Å². The summed E-state index contributed by atoms with van der Waals surface area (Å²) in [5.74, 6) is 0. The topological polar surface area (TPSA) is 62.1 Å². The van der Waals surface area contributed by atoms with E-state index in [2.05, 4.69) is 106 Å². The lowest BCUT2D eigenvalue weighted by molar-refractivity contribution is 0.427. The molecule has 2 aromatic rings. The van der Waals surface area contributed by atoms with Gasteiger partial charge in [0.1, 0.15) is 0 Å². The van der Waals surface area contributed by atoms with Gasteiger partial charge in [-0.2, -0.15) is 0 Å². The molecule has 0 aliphatic heterocycles. The maximum atomic E-state index is 5.53. The Hall–Kier alpha value is -1.43. The maximum Gasteiger partial charge on any atom is 0.00793 e. The van der Waals surface area contributed by atoms with Crippen molar-refractivity contribution in [2.45, 2.75) is 96.9 Å². The fourth-order valence-corrected chi connectivity index (χ4v) is 4.69. The number of hydrogen-bond acceptors (Lipinski definition) is 4. The van der Waals surface area contributed by atoms with Gasteiger partial charge in [-0.05, 0) is 71.6 Å². The molecule has 0 bridgehead atoms. The molecule has 0 radical (unpaired) electrons. The van der Waals surface area contributed by atoms with Gasteiger partial charge < -0.3 is 21.7 Å². The minimum absolute atomic E-state index is 0. The van der Waals surface area contributed by atoms with Crippen molar-refractivity contribution in [1.82, 2.24) is 16.0 Å². The highest BCUT2D eigenvalue weighted by molar-refractivity contribution is 5.85.